The van der Waals surface area contributed by atoms with Gasteiger partial charge in [-0.2, -0.15) is 5.26 Å². The first-order chi connectivity index (χ1) is 20.5. The second-order valence-electron chi connectivity index (χ2n) is 12.4. The number of anilines is 1. The predicted octanol–water partition coefficient (Wildman–Crippen LogP) is 4.93. The van der Waals surface area contributed by atoms with E-state index in [0.29, 0.717) is 10.8 Å². The van der Waals surface area contributed by atoms with E-state index in [1.165, 1.54) is 24.5 Å². The Hall–Kier alpha value is -3.25. The number of benzene rings is 2. The fourth-order valence-electron chi connectivity index (χ4n) is 7.88. The minimum atomic E-state index is -3.54. The Bertz CT molecular complexity index is 1480. The summed E-state index contributed by atoms with van der Waals surface area (Å²) in [5.74, 6) is 1.27. The molecule has 42 heavy (non-hydrogen) atoms. The molecule has 0 radical (unpaired) electrons. The zero-order chi connectivity index (χ0) is 29.2. The van der Waals surface area contributed by atoms with Crippen molar-refractivity contribution in [3.05, 3.63) is 84.7 Å². The molecule has 0 amide bonds. The molecule has 6 rings (SSSR count). The van der Waals surface area contributed by atoms with Crippen LogP contribution in [-0.2, 0) is 15.3 Å². The van der Waals surface area contributed by atoms with E-state index in [9.17, 15) is 18.8 Å². The van der Waals surface area contributed by atoms with Crippen LogP contribution in [0, 0.1) is 35.0 Å². The van der Waals surface area contributed by atoms with Crippen LogP contribution in [-0.4, -0.2) is 62.7 Å². The maximum absolute atomic E-state index is 12.9. The largest absolute Gasteiger partial charge is 0.396 e. The molecule has 1 unspecified atom stereocenters. The molecule has 0 spiro atoms. The standard InChI is InChI=1S/C34H40N4O3S/c35-25-34(28-6-2-1-3-7-28,33-8-4-5-27(33)24-39)29-15-19-37(20-16-29)21-26-22-38(23-26)30-9-11-31(12-10-30)42(40,41)32-13-17-36-18-14-32/h1-3,6-7,9-14,17-18,26-27,29,33,39H,4-5,8,15-16,19-24H2/t27-,33+,34?/m0/s1. The van der Waals surface area contributed by atoms with Gasteiger partial charge in [-0.15, -0.1) is 0 Å². The molecule has 1 aromatic heterocycles. The van der Waals surface area contributed by atoms with E-state index in [4.69, 9.17) is 0 Å². The van der Waals surface area contributed by atoms with Crippen molar-refractivity contribution in [3.8, 4) is 6.07 Å². The minimum absolute atomic E-state index is 0.168. The Balaban J connectivity index is 1.05. The Labute approximate surface area is 249 Å². The fourth-order valence-corrected chi connectivity index (χ4v) is 9.13. The lowest BCUT2D eigenvalue weighted by molar-refractivity contribution is 0.0766. The van der Waals surface area contributed by atoms with Crippen molar-refractivity contribution in [3.63, 3.8) is 0 Å². The number of nitriles is 1. The molecule has 3 aliphatic rings. The number of nitrogens with zero attached hydrogens (tertiary/aromatic N) is 4. The third-order valence-corrected chi connectivity index (χ3v) is 11.9. The average Bonchev–Trinajstić information content (AvgIpc) is 3.50. The Morgan fingerprint density at radius 3 is 2.21 bits per heavy atom. The van der Waals surface area contributed by atoms with Gasteiger partial charge in [0.25, 0.3) is 0 Å². The van der Waals surface area contributed by atoms with Gasteiger partial charge in [0.2, 0.25) is 9.84 Å². The van der Waals surface area contributed by atoms with E-state index in [0.717, 1.165) is 76.1 Å². The van der Waals surface area contributed by atoms with Crippen molar-refractivity contribution < 1.29 is 13.5 Å². The van der Waals surface area contributed by atoms with Crippen LogP contribution in [0.3, 0.4) is 0 Å². The van der Waals surface area contributed by atoms with E-state index < -0.39 is 15.3 Å². The zero-order valence-corrected chi connectivity index (χ0v) is 24.9. The van der Waals surface area contributed by atoms with Gasteiger partial charge in [-0.3, -0.25) is 4.98 Å². The monoisotopic (exact) mass is 584 g/mol. The van der Waals surface area contributed by atoms with E-state index in [1.807, 2.05) is 18.2 Å². The molecule has 1 N–H and O–H groups in total. The predicted molar refractivity (Wildman–Crippen MR) is 163 cm³/mol. The number of aliphatic hydroxyl groups is 1. The first kappa shape index (κ1) is 28.9. The van der Waals surface area contributed by atoms with Crippen LogP contribution in [0.2, 0.25) is 0 Å². The minimum Gasteiger partial charge on any atom is -0.396 e. The lowest BCUT2D eigenvalue weighted by Gasteiger charge is -2.48. The van der Waals surface area contributed by atoms with Crippen molar-refractivity contribution >= 4 is 15.5 Å². The molecule has 3 heterocycles. The van der Waals surface area contributed by atoms with Crippen LogP contribution in [0.25, 0.3) is 0 Å². The summed E-state index contributed by atoms with van der Waals surface area (Å²) in [6.07, 6.45) is 8.11. The van der Waals surface area contributed by atoms with Crippen molar-refractivity contribution in [1.29, 1.82) is 5.26 Å². The highest BCUT2D eigenvalue weighted by Crippen LogP contribution is 2.52. The van der Waals surface area contributed by atoms with Gasteiger partial charge >= 0.3 is 0 Å². The van der Waals surface area contributed by atoms with Crippen molar-refractivity contribution in [1.82, 2.24) is 9.88 Å². The van der Waals surface area contributed by atoms with Crippen LogP contribution in [0.15, 0.2) is 88.9 Å². The normalized spacial score (nSPS) is 23.7. The topological polar surface area (TPSA) is 97.5 Å². The Morgan fingerprint density at radius 2 is 1.57 bits per heavy atom. The summed E-state index contributed by atoms with van der Waals surface area (Å²) < 4.78 is 25.8. The highest BCUT2D eigenvalue weighted by atomic mass is 32.2. The quantitative estimate of drug-likeness (QED) is 0.381. The Kier molecular flexibility index (Phi) is 8.35. The molecule has 1 aliphatic carbocycles. The smallest absolute Gasteiger partial charge is 0.206 e. The van der Waals surface area contributed by atoms with E-state index >= 15 is 0 Å². The van der Waals surface area contributed by atoms with Gasteiger partial charge in [0, 0.05) is 50.2 Å². The summed E-state index contributed by atoms with van der Waals surface area (Å²) in [5.41, 5.74) is 1.64. The van der Waals surface area contributed by atoms with Crippen LogP contribution in [0.1, 0.15) is 37.7 Å². The molecule has 0 bridgehead atoms. The first-order valence-corrected chi connectivity index (χ1v) is 16.7. The van der Waals surface area contributed by atoms with E-state index in [2.05, 4.69) is 45.1 Å². The van der Waals surface area contributed by atoms with Crippen molar-refractivity contribution in [2.75, 3.05) is 44.2 Å². The number of likely N-dealkylation sites (tertiary alicyclic amines) is 1. The molecule has 3 fully saturated rings. The molecule has 220 valence electrons. The first-order valence-electron chi connectivity index (χ1n) is 15.3. The number of pyridine rings is 1. The van der Waals surface area contributed by atoms with E-state index in [-0.39, 0.29) is 29.3 Å². The number of sulfone groups is 1. The summed E-state index contributed by atoms with van der Waals surface area (Å²) >= 11 is 0. The second-order valence-corrected chi connectivity index (χ2v) is 14.3. The molecular weight excluding hydrogens is 544 g/mol. The third-order valence-electron chi connectivity index (χ3n) is 10.1. The van der Waals surface area contributed by atoms with Crippen LogP contribution < -0.4 is 4.90 Å². The molecule has 1 saturated carbocycles. The highest BCUT2D eigenvalue weighted by Gasteiger charge is 2.52. The van der Waals surface area contributed by atoms with Crippen LogP contribution in [0.5, 0.6) is 0 Å². The molecule has 3 atom stereocenters. The summed E-state index contributed by atoms with van der Waals surface area (Å²) in [7, 11) is -3.54. The van der Waals surface area contributed by atoms with Gasteiger partial charge in [0.05, 0.1) is 21.3 Å². The van der Waals surface area contributed by atoms with Crippen molar-refractivity contribution in [2.45, 2.75) is 47.3 Å². The fraction of sp³-hybridized carbons (Fsp3) is 0.471. The molecule has 2 saturated heterocycles. The van der Waals surface area contributed by atoms with Crippen LogP contribution >= 0.6 is 0 Å². The zero-order valence-electron chi connectivity index (χ0n) is 24.1. The molecular formula is C34H40N4O3S. The molecule has 2 aliphatic heterocycles. The number of aromatic nitrogens is 1. The lowest BCUT2D eigenvalue weighted by Crippen LogP contribution is -2.54. The molecule has 3 aromatic rings. The molecule has 7 nitrogen and oxygen atoms in total. The summed E-state index contributed by atoms with van der Waals surface area (Å²) in [4.78, 5) is 9.34. The van der Waals surface area contributed by atoms with Gasteiger partial charge in [-0.25, -0.2) is 8.42 Å². The Morgan fingerprint density at radius 1 is 0.905 bits per heavy atom. The van der Waals surface area contributed by atoms with Crippen LogP contribution in [0.4, 0.5) is 5.69 Å². The summed E-state index contributed by atoms with van der Waals surface area (Å²) in [5, 5.41) is 20.9. The van der Waals surface area contributed by atoms with Gasteiger partial charge in [0.1, 0.15) is 0 Å². The maximum atomic E-state index is 12.9. The van der Waals surface area contributed by atoms with Gasteiger partial charge in [-0.1, -0.05) is 36.8 Å². The molecule has 8 heteroatoms. The number of rotatable bonds is 9. The van der Waals surface area contributed by atoms with Gasteiger partial charge in [-0.05, 0) is 98.5 Å². The van der Waals surface area contributed by atoms with Crippen molar-refractivity contribution in [2.24, 2.45) is 23.7 Å². The number of hydrogen-bond acceptors (Lipinski definition) is 7. The lowest BCUT2D eigenvalue weighted by atomic mass is 9.58. The highest BCUT2D eigenvalue weighted by molar-refractivity contribution is 7.91. The SMILES string of the molecule is N#CC(c1ccccc1)(C1CCN(CC2CN(c3ccc(S(=O)(=O)c4ccncc4)cc3)C2)CC1)[C@@H]1CCC[C@H]1CO. The number of aliphatic hydroxyl groups excluding tert-OH is 1. The number of hydrogen-bond donors (Lipinski definition) is 1. The van der Waals surface area contributed by atoms with Gasteiger partial charge < -0.3 is 14.9 Å². The summed E-state index contributed by atoms with van der Waals surface area (Å²) in [6.45, 7) is 5.13. The average molecular weight is 585 g/mol. The summed E-state index contributed by atoms with van der Waals surface area (Å²) in [6, 6.07) is 23.5. The second kappa shape index (κ2) is 12.2. The van der Waals surface area contributed by atoms with E-state index in [1.54, 1.807) is 12.1 Å². The number of piperidine rings is 1. The molecule has 2 aromatic carbocycles. The van der Waals surface area contributed by atoms with Gasteiger partial charge in [0.15, 0.2) is 0 Å². The maximum Gasteiger partial charge on any atom is 0.206 e. The third kappa shape index (κ3) is 5.34.